The Morgan fingerprint density at radius 3 is 2.65 bits per heavy atom. The highest BCUT2D eigenvalue weighted by atomic mass is 16.3. The van der Waals surface area contributed by atoms with Crippen molar-refractivity contribution < 1.29 is 20.1 Å². The van der Waals surface area contributed by atoms with Gasteiger partial charge in [-0.25, -0.2) is 0 Å². The Labute approximate surface area is 100 Å². The molecule has 0 aliphatic heterocycles. The lowest BCUT2D eigenvalue weighted by atomic mass is 9.77. The number of hydrogen-bond acceptors (Lipinski definition) is 5. The van der Waals surface area contributed by atoms with Gasteiger partial charge >= 0.3 is 0 Å². The predicted molar refractivity (Wildman–Crippen MR) is 64.1 cm³/mol. The maximum Gasteiger partial charge on any atom is 0.168 e. The van der Waals surface area contributed by atoms with Crippen molar-refractivity contribution in [2.45, 2.75) is 32.8 Å². The molecule has 0 fully saturated rings. The molecule has 1 rings (SSSR count). The summed E-state index contributed by atoms with van der Waals surface area (Å²) in [6, 6.07) is 0. The van der Waals surface area contributed by atoms with Crippen molar-refractivity contribution in [1.82, 2.24) is 0 Å². The summed E-state index contributed by atoms with van der Waals surface area (Å²) >= 11 is 0. The molecule has 0 spiro atoms. The summed E-state index contributed by atoms with van der Waals surface area (Å²) in [6.45, 7) is 3.49. The smallest absolute Gasteiger partial charge is 0.168 e. The average molecular weight is 241 g/mol. The quantitative estimate of drug-likeness (QED) is 0.629. The van der Waals surface area contributed by atoms with Crippen molar-refractivity contribution in [2.24, 2.45) is 10.4 Å². The maximum absolute atomic E-state index is 11.7. The van der Waals surface area contributed by atoms with Crippen LogP contribution in [0.5, 0.6) is 0 Å². The highest BCUT2D eigenvalue weighted by Crippen LogP contribution is 2.34. The van der Waals surface area contributed by atoms with Crippen LogP contribution in [-0.2, 0) is 4.79 Å². The van der Waals surface area contributed by atoms with E-state index in [-0.39, 0.29) is 35.7 Å². The van der Waals surface area contributed by atoms with E-state index in [0.29, 0.717) is 12.8 Å². The van der Waals surface area contributed by atoms with E-state index in [4.69, 9.17) is 10.2 Å². The number of aliphatic hydroxyl groups excluding tert-OH is 3. The molecular weight excluding hydrogens is 222 g/mol. The molecule has 0 bridgehead atoms. The molecule has 0 heterocycles. The summed E-state index contributed by atoms with van der Waals surface area (Å²) in [6.07, 6.45) is 1.18. The van der Waals surface area contributed by atoms with E-state index in [2.05, 4.69) is 4.99 Å². The van der Waals surface area contributed by atoms with Crippen LogP contribution in [0.25, 0.3) is 0 Å². The zero-order valence-corrected chi connectivity index (χ0v) is 10.2. The van der Waals surface area contributed by atoms with Crippen molar-refractivity contribution in [3.63, 3.8) is 0 Å². The minimum atomic E-state index is -0.927. The predicted octanol–water partition coefficient (Wildman–Crippen LogP) is 0.612. The Balaban J connectivity index is 2.73. The van der Waals surface area contributed by atoms with Gasteiger partial charge in [-0.1, -0.05) is 13.8 Å². The molecule has 1 aliphatic carbocycles. The molecule has 0 radical (unpaired) electrons. The van der Waals surface area contributed by atoms with Gasteiger partial charge < -0.3 is 15.3 Å². The van der Waals surface area contributed by atoms with Gasteiger partial charge in [0, 0.05) is 19.1 Å². The number of rotatable bonds is 4. The van der Waals surface area contributed by atoms with Crippen LogP contribution in [0.1, 0.15) is 26.7 Å². The van der Waals surface area contributed by atoms with Crippen molar-refractivity contribution in [3.05, 3.63) is 11.3 Å². The summed E-state index contributed by atoms with van der Waals surface area (Å²) < 4.78 is 0. The summed E-state index contributed by atoms with van der Waals surface area (Å²) in [5, 5.41) is 27.4. The first-order valence-corrected chi connectivity index (χ1v) is 5.60. The third-order valence-electron chi connectivity index (χ3n) is 2.64. The van der Waals surface area contributed by atoms with Crippen LogP contribution >= 0.6 is 0 Å². The lowest BCUT2D eigenvalue weighted by Crippen LogP contribution is -2.26. The minimum absolute atomic E-state index is 0.0178. The van der Waals surface area contributed by atoms with Crippen LogP contribution in [0.15, 0.2) is 16.3 Å². The molecule has 0 saturated heterocycles. The number of aliphatic hydroxyl groups is 3. The molecule has 0 aromatic heterocycles. The molecule has 17 heavy (non-hydrogen) atoms. The second-order valence-electron chi connectivity index (χ2n) is 5.13. The largest absolute Gasteiger partial charge is 0.511 e. The molecule has 5 nitrogen and oxygen atoms in total. The van der Waals surface area contributed by atoms with Crippen LogP contribution in [0.3, 0.4) is 0 Å². The van der Waals surface area contributed by atoms with Gasteiger partial charge in [0.05, 0.1) is 24.8 Å². The van der Waals surface area contributed by atoms with Crippen molar-refractivity contribution in [2.75, 3.05) is 13.2 Å². The Morgan fingerprint density at radius 2 is 2.12 bits per heavy atom. The van der Waals surface area contributed by atoms with Gasteiger partial charge in [0.15, 0.2) is 5.78 Å². The third kappa shape index (κ3) is 3.94. The van der Waals surface area contributed by atoms with Gasteiger partial charge in [0.25, 0.3) is 0 Å². The molecule has 0 saturated carbocycles. The maximum atomic E-state index is 11.7. The molecule has 0 aromatic carbocycles. The van der Waals surface area contributed by atoms with E-state index in [1.165, 1.54) is 6.21 Å². The third-order valence-corrected chi connectivity index (χ3v) is 2.64. The number of aliphatic imine (C=N–C) groups is 1. The first-order valence-electron chi connectivity index (χ1n) is 5.60. The standard InChI is InChI=1S/C12H19NO4/c1-12(2)3-10(16)9(11(17)4-12)6-13-5-8(15)7-14/h6,8,14-16H,3-5,7H2,1-2H3/t8-/m0/s1. The van der Waals surface area contributed by atoms with Gasteiger partial charge in [-0.15, -0.1) is 0 Å². The fraction of sp³-hybridized carbons (Fsp3) is 0.667. The van der Waals surface area contributed by atoms with Gasteiger partial charge in [-0.2, -0.15) is 0 Å². The molecular formula is C12H19NO4. The molecule has 1 atom stereocenters. The SMILES string of the molecule is CC1(C)CC(=O)C(C=NC[C@H](O)CO)=C(O)C1. The van der Waals surface area contributed by atoms with Crippen LogP contribution in [0.4, 0.5) is 0 Å². The fourth-order valence-electron chi connectivity index (χ4n) is 1.77. The average Bonchev–Trinajstić information content (AvgIpc) is 2.20. The fourth-order valence-corrected chi connectivity index (χ4v) is 1.77. The van der Waals surface area contributed by atoms with E-state index in [1.807, 2.05) is 13.8 Å². The normalized spacial score (nSPS) is 22.2. The molecule has 5 heteroatoms. The zero-order chi connectivity index (χ0) is 13.1. The monoisotopic (exact) mass is 241 g/mol. The summed E-state index contributed by atoms with van der Waals surface area (Å²) in [5.74, 6) is -0.0884. The number of ketones is 1. The Morgan fingerprint density at radius 1 is 1.47 bits per heavy atom. The molecule has 0 aromatic rings. The van der Waals surface area contributed by atoms with E-state index in [9.17, 15) is 9.90 Å². The second kappa shape index (κ2) is 5.42. The zero-order valence-electron chi connectivity index (χ0n) is 10.2. The topological polar surface area (TPSA) is 90.1 Å². The van der Waals surface area contributed by atoms with Crippen LogP contribution in [0.2, 0.25) is 0 Å². The number of Topliss-reactive ketones (excluding diaryl/α,β-unsaturated/α-hetero) is 1. The number of allylic oxidation sites excluding steroid dienone is 2. The van der Waals surface area contributed by atoms with E-state index in [1.54, 1.807) is 0 Å². The van der Waals surface area contributed by atoms with Crippen LogP contribution < -0.4 is 0 Å². The van der Waals surface area contributed by atoms with Gasteiger partial charge in [-0.3, -0.25) is 9.79 Å². The van der Waals surface area contributed by atoms with Crippen molar-refractivity contribution in [1.29, 1.82) is 0 Å². The van der Waals surface area contributed by atoms with Gasteiger partial charge in [-0.05, 0) is 5.41 Å². The molecule has 1 aliphatic rings. The van der Waals surface area contributed by atoms with Crippen molar-refractivity contribution >= 4 is 12.0 Å². The van der Waals surface area contributed by atoms with Crippen molar-refractivity contribution in [3.8, 4) is 0 Å². The Hall–Kier alpha value is -1.20. The van der Waals surface area contributed by atoms with E-state index < -0.39 is 6.10 Å². The van der Waals surface area contributed by atoms with Crippen LogP contribution in [0, 0.1) is 5.41 Å². The summed E-state index contributed by atoms with van der Waals surface area (Å²) in [7, 11) is 0. The number of nitrogens with zero attached hydrogens (tertiary/aromatic N) is 1. The Kier molecular flexibility index (Phi) is 4.42. The Bertz CT molecular complexity index is 358. The highest BCUT2D eigenvalue weighted by Gasteiger charge is 2.32. The van der Waals surface area contributed by atoms with E-state index >= 15 is 0 Å². The lowest BCUT2D eigenvalue weighted by Gasteiger charge is -2.28. The minimum Gasteiger partial charge on any atom is -0.511 e. The summed E-state index contributed by atoms with van der Waals surface area (Å²) in [4.78, 5) is 15.6. The lowest BCUT2D eigenvalue weighted by molar-refractivity contribution is -0.117. The second-order valence-corrected chi connectivity index (χ2v) is 5.13. The van der Waals surface area contributed by atoms with E-state index in [0.717, 1.165) is 0 Å². The van der Waals surface area contributed by atoms with Gasteiger partial charge in [0.2, 0.25) is 0 Å². The number of hydrogen-bond donors (Lipinski definition) is 3. The first kappa shape index (κ1) is 13.9. The van der Waals surface area contributed by atoms with Crippen LogP contribution in [-0.4, -0.2) is 46.6 Å². The van der Waals surface area contributed by atoms with Gasteiger partial charge in [0.1, 0.15) is 5.76 Å². The first-order chi connectivity index (χ1) is 7.85. The molecule has 96 valence electrons. The highest BCUT2D eigenvalue weighted by molar-refractivity contribution is 6.14. The number of carbonyl (C=O) groups is 1. The molecule has 0 unspecified atom stereocenters. The molecule has 0 amide bonds. The number of carbonyl (C=O) groups excluding carboxylic acids is 1. The molecule has 3 N–H and O–H groups in total. The summed E-state index contributed by atoms with van der Waals surface area (Å²) in [5.41, 5.74) is -0.00203.